The van der Waals surface area contributed by atoms with Crippen molar-refractivity contribution < 1.29 is 19.4 Å². The van der Waals surface area contributed by atoms with Crippen molar-refractivity contribution in [2.24, 2.45) is 11.8 Å². The monoisotopic (exact) mass is 577 g/mol. The van der Waals surface area contributed by atoms with Crippen LogP contribution in [0.25, 0.3) is 0 Å². The Morgan fingerprint density at radius 1 is 1.21 bits per heavy atom. The summed E-state index contributed by atoms with van der Waals surface area (Å²) < 4.78 is 5.68. The molecule has 11 heteroatoms. The first-order valence-electron chi connectivity index (χ1n) is 15.4. The Hall–Kier alpha value is -3.44. The van der Waals surface area contributed by atoms with E-state index in [0.29, 0.717) is 53.3 Å². The maximum absolute atomic E-state index is 13.4. The predicted octanol–water partition coefficient (Wildman–Crippen LogP) is 3.21. The fourth-order valence-corrected chi connectivity index (χ4v) is 7.75. The fraction of sp³-hybridized carbons (Fsp3) is 0.613. The van der Waals surface area contributed by atoms with Crippen molar-refractivity contribution in [2.45, 2.75) is 75.9 Å². The van der Waals surface area contributed by atoms with E-state index >= 15 is 0 Å². The van der Waals surface area contributed by atoms with Crippen molar-refractivity contribution in [3.63, 3.8) is 0 Å². The standard InChI is InChI=1S/C31H43N7O4/c1-4-24-29(41)37(2)25-18-33-30(35-27(25)38(24)22-7-5-6-8-22)34-23-10-9-19(13-26(23)42-3)28(40)36-31(11-12-39)14-20-16-32-17-21(20)15-31/h9-10,13,18,20-22,24,32,39H,4-8,11-12,14-17H2,1-3H3,(H,36,40)(H,33,34,35)/t20-,21+,24?,31?. The zero-order valence-electron chi connectivity index (χ0n) is 24.9. The number of amides is 2. The summed E-state index contributed by atoms with van der Waals surface area (Å²) in [6.07, 6.45) is 9.13. The van der Waals surface area contributed by atoms with Crippen LogP contribution < -0.4 is 30.5 Å². The summed E-state index contributed by atoms with van der Waals surface area (Å²) in [6, 6.07) is 5.34. The van der Waals surface area contributed by atoms with E-state index in [9.17, 15) is 14.7 Å². The molecule has 2 aliphatic heterocycles. The fourth-order valence-electron chi connectivity index (χ4n) is 7.75. The van der Waals surface area contributed by atoms with Gasteiger partial charge in [-0.3, -0.25) is 9.59 Å². The van der Waals surface area contributed by atoms with E-state index in [4.69, 9.17) is 9.72 Å². The number of aliphatic hydroxyl groups excluding tert-OH is 1. The van der Waals surface area contributed by atoms with Gasteiger partial charge in [-0.2, -0.15) is 4.98 Å². The minimum atomic E-state index is -0.388. The Bertz CT molecular complexity index is 1320. The zero-order chi connectivity index (χ0) is 29.4. The normalized spacial score (nSPS) is 27.2. The lowest BCUT2D eigenvalue weighted by Crippen LogP contribution is -2.55. The molecule has 0 radical (unpaired) electrons. The average Bonchev–Trinajstić information content (AvgIpc) is 3.73. The number of anilines is 4. The van der Waals surface area contributed by atoms with Gasteiger partial charge in [0.2, 0.25) is 11.9 Å². The number of nitrogens with one attached hydrogen (secondary N) is 3. The molecule has 4 atom stereocenters. The molecule has 2 amide bonds. The lowest BCUT2D eigenvalue weighted by molar-refractivity contribution is -0.120. The number of benzene rings is 1. The number of hydrogen-bond donors (Lipinski definition) is 4. The predicted molar refractivity (Wildman–Crippen MR) is 162 cm³/mol. The third kappa shape index (κ3) is 5.17. The highest BCUT2D eigenvalue weighted by molar-refractivity contribution is 6.04. The van der Waals surface area contributed by atoms with E-state index < -0.39 is 0 Å². The molecule has 42 heavy (non-hydrogen) atoms. The summed E-state index contributed by atoms with van der Waals surface area (Å²) in [4.78, 5) is 40.0. The molecule has 11 nitrogen and oxygen atoms in total. The molecule has 2 aliphatic carbocycles. The number of rotatable bonds is 9. The SMILES string of the molecule is CCC1C(=O)N(C)c2cnc(Nc3ccc(C(=O)NC4(CCO)C[C@H]5CNC[C@H]5C4)cc3OC)nc2N1C1CCCC1. The number of likely N-dealkylation sites (N-methyl/N-ethyl adjacent to an activating group) is 1. The van der Waals surface area contributed by atoms with Crippen LogP contribution in [0.2, 0.25) is 0 Å². The lowest BCUT2D eigenvalue weighted by Gasteiger charge is -2.43. The van der Waals surface area contributed by atoms with Crippen LogP contribution in [0, 0.1) is 11.8 Å². The van der Waals surface area contributed by atoms with Crippen LogP contribution >= 0.6 is 0 Å². The maximum Gasteiger partial charge on any atom is 0.251 e. The van der Waals surface area contributed by atoms with E-state index in [1.807, 2.05) is 13.0 Å². The number of aromatic nitrogens is 2. The van der Waals surface area contributed by atoms with Crippen LogP contribution in [-0.2, 0) is 4.79 Å². The molecule has 1 aromatic heterocycles. The third-order valence-corrected chi connectivity index (χ3v) is 9.88. The Kier molecular flexibility index (Phi) is 7.97. The summed E-state index contributed by atoms with van der Waals surface area (Å²) in [5, 5.41) is 19.8. The molecule has 4 aliphatic rings. The van der Waals surface area contributed by atoms with Crippen molar-refractivity contribution >= 4 is 35.0 Å². The Morgan fingerprint density at radius 3 is 2.62 bits per heavy atom. The minimum Gasteiger partial charge on any atom is -0.495 e. The first kappa shape index (κ1) is 28.7. The van der Waals surface area contributed by atoms with Gasteiger partial charge in [0.25, 0.3) is 5.91 Å². The topological polar surface area (TPSA) is 132 Å². The molecule has 4 N–H and O–H groups in total. The number of nitrogens with zero attached hydrogens (tertiary/aromatic N) is 4. The molecular weight excluding hydrogens is 534 g/mol. The zero-order valence-corrected chi connectivity index (χ0v) is 24.9. The Labute approximate surface area is 247 Å². The van der Waals surface area contributed by atoms with Gasteiger partial charge in [-0.25, -0.2) is 4.98 Å². The van der Waals surface area contributed by atoms with Gasteiger partial charge in [-0.05, 0) is 81.6 Å². The van der Waals surface area contributed by atoms with Gasteiger partial charge < -0.3 is 35.6 Å². The highest BCUT2D eigenvalue weighted by Crippen LogP contribution is 2.44. The highest BCUT2D eigenvalue weighted by atomic mass is 16.5. The molecular formula is C31H43N7O4. The maximum atomic E-state index is 13.4. The number of carbonyl (C=O) groups is 2. The molecule has 1 saturated heterocycles. The summed E-state index contributed by atoms with van der Waals surface area (Å²) in [6.45, 7) is 4.03. The van der Waals surface area contributed by atoms with Gasteiger partial charge in [0.15, 0.2) is 5.82 Å². The Morgan fingerprint density at radius 2 is 1.95 bits per heavy atom. The summed E-state index contributed by atoms with van der Waals surface area (Å²) in [7, 11) is 3.36. The van der Waals surface area contributed by atoms with Crippen LogP contribution in [0.4, 0.5) is 23.1 Å². The highest BCUT2D eigenvalue weighted by Gasteiger charge is 2.47. The van der Waals surface area contributed by atoms with Gasteiger partial charge in [0, 0.05) is 30.8 Å². The smallest absolute Gasteiger partial charge is 0.251 e. The quantitative estimate of drug-likeness (QED) is 0.355. The minimum absolute atomic E-state index is 0.0429. The lowest BCUT2D eigenvalue weighted by atomic mass is 9.91. The van der Waals surface area contributed by atoms with Crippen LogP contribution in [0.5, 0.6) is 5.75 Å². The molecule has 226 valence electrons. The largest absolute Gasteiger partial charge is 0.495 e. The van der Waals surface area contributed by atoms with E-state index in [2.05, 4.69) is 25.8 Å². The molecule has 0 spiro atoms. The second kappa shape index (κ2) is 11.7. The van der Waals surface area contributed by atoms with Gasteiger partial charge in [-0.1, -0.05) is 19.8 Å². The van der Waals surface area contributed by atoms with E-state index in [1.165, 1.54) is 0 Å². The number of hydrogen-bond acceptors (Lipinski definition) is 9. The van der Waals surface area contributed by atoms with Gasteiger partial charge in [-0.15, -0.1) is 0 Å². The van der Waals surface area contributed by atoms with Crippen LogP contribution in [0.3, 0.4) is 0 Å². The molecule has 2 unspecified atom stereocenters. The molecule has 3 heterocycles. The first-order valence-corrected chi connectivity index (χ1v) is 15.4. The second-order valence-electron chi connectivity index (χ2n) is 12.4. The van der Waals surface area contributed by atoms with Crippen LogP contribution in [0.1, 0.15) is 68.6 Å². The first-order chi connectivity index (χ1) is 20.4. The average molecular weight is 578 g/mol. The second-order valence-corrected chi connectivity index (χ2v) is 12.4. The van der Waals surface area contributed by atoms with Crippen LogP contribution in [0.15, 0.2) is 24.4 Å². The van der Waals surface area contributed by atoms with Gasteiger partial charge in [0.05, 0.1) is 19.0 Å². The molecule has 0 bridgehead atoms. The van der Waals surface area contributed by atoms with Crippen molar-refractivity contribution in [1.82, 2.24) is 20.6 Å². The van der Waals surface area contributed by atoms with E-state index in [0.717, 1.165) is 57.4 Å². The summed E-state index contributed by atoms with van der Waals surface area (Å²) in [5.74, 6) is 2.65. The number of ether oxygens (including phenoxy) is 1. The molecule has 3 fully saturated rings. The van der Waals surface area contributed by atoms with Crippen LogP contribution in [-0.4, -0.2) is 78.4 Å². The van der Waals surface area contributed by atoms with Crippen molar-refractivity contribution in [1.29, 1.82) is 0 Å². The number of aliphatic hydroxyl groups is 1. The van der Waals surface area contributed by atoms with Gasteiger partial charge >= 0.3 is 0 Å². The molecule has 6 rings (SSSR count). The summed E-state index contributed by atoms with van der Waals surface area (Å²) in [5.41, 5.74) is 1.46. The van der Waals surface area contributed by atoms with E-state index in [1.54, 1.807) is 37.4 Å². The molecule has 2 saturated carbocycles. The van der Waals surface area contributed by atoms with E-state index in [-0.39, 0.29) is 36.0 Å². The van der Waals surface area contributed by atoms with Crippen molar-refractivity contribution in [3.8, 4) is 5.75 Å². The van der Waals surface area contributed by atoms with Crippen molar-refractivity contribution in [3.05, 3.63) is 30.0 Å². The number of methoxy groups -OCH3 is 1. The number of carbonyl (C=O) groups excluding carboxylic acids is 2. The summed E-state index contributed by atoms with van der Waals surface area (Å²) >= 11 is 0. The Balaban J connectivity index is 1.23. The van der Waals surface area contributed by atoms with Crippen molar-refractivity contribution in [2.75, 3.05) is 49.0 Å². The number of fused-ring (bicyclic) bond motifs is 2. The molecule has 2 aromatic rings. The molecule has 1 aromatic carbocycles. The van der Waals surface area contributed by atoms with Gasteiger partial charge in [0.1, 0.15) is 17.5 Å². The third-order valence-electron chi connectivity index (χ3n) is 9.88.